The molecule has 0 fully saturated rings. The lowest BCUT2D eigenvalue weighted by atomic mass is 10.1. The molecule has 166 valence electrons. The Morgan fingerprint density at radius 1 is 0.900 bits per heavy atom. The Kier molecular flexibility index (Phi) is 11.7. The number of hydrogen-bond acceptors (Lipinski definition) is 5. The SMILES string of the molecule is CN=C(NCc1ccc(F)cc1CSC)NCc1cc(OC)c(OC)cc1OC.I. The molecule has 2 aromatic carbocycles. The van der Waals surface area contributed by atoms with Gasteiger partial charge in [0.05, 0.1) is 21.3 Å². The van der Waals surface area contributed by atoms with Crippen LogP contribution in [-0.4, -0.2) is 40.6 Å². The molecule has 9 heteroatoms. The molecule has 0 aliphatic heterocycles. The minimum absolute atomic E-state index is 0. The van der Waals surface area contributed by atoms with E-state index in [1.807, 2.05) is 12.3 Å². The number of hydrogen-bond donors (Lipinski definition) is 2. The highest BCUT2D eigenvalue weighted by atomic mass is 127. The van der Waals surface area contributed by atoms with Gasteiger partial charge in [-0.2, -0.15) is 11.8 Å². The van der Waals surface area contributed by atoms with E-state index in [2.05, 4.69) is 15.6 Å². The minimum Gasteiger partial charge on any atom is -0.496 e. The van der Waals surface area contributed by atoms with Crippen molar-refractivity contribution >= 4 is 41.7 Å². The molecule has 0 atom stereocenters. The molecule has 0 aliphatic rings. The summed E-state index contributed by atoms with van der Waals surface area (Å²) in [6.45, 7) is 1.02. The van der Waals surface area contributed by atoms with Crippen LogP contribution in [-0.2, 0) is 18.8 Å². The van der Waals surface area contributed by atoms with Gasteiger partial charge >= 0.3 is 0 Å². The number of nitrogens with zero attached hydrogens (tertiary/aromatic N) is 1. The van der Waals surface area contributed by atoms with Crippen LogP contribution >= 0.6 is 35.7 Å². The van der Waals surface area contributed by atoms with E-state index in [-0.39, 0.29) is 29.8 Å². The first-order valence-electron chi connectivity index (χ1n) is 9.05. The molecule has 0 heterocycles. The Morgan fingerprint density at radius 2 is 1.50 bits per heavy atom. The van der Waals surface area contributed by atoms with Crippen molar-refractivity contribution in [1.29, 1.82) is 0 Å². The van der Waals surface area contributed by atoms with Crippen molar-refractivity contribution in [3.8, 4) is 17.2 Å². The van der Waals surface area contributed by atoms with Gasteiger partial charge in [0.15, 0.2) is 17.5 Å². The van der Waals surface area contributed by atoms with Crippen LogP contribution in [0.5, 0.6) is 17.2 Å². The van der Waals surface area contributed by atoms with E-state index in [4.69, 9.17) is 14.2 Å². The van der Waals surface area contributed by atoms with Crippen molar-refractivity contribution in [3.63, 3.8) is 0 Å². The first-order chi connectivity index (χ1) is 14.1. The molecule has 0 amide bonds. The van der Waals surface area contributed by atoms with Crippen molar-refractivity contribution in [2.24, 2.45) is 4.99 Å². The zero-order valence-electron chi connectivity index (χ0n) is 17.9. The summed E-state index contributed by atoms with van der Waals surface area (Å²) in [5, 5.41) is 6.54. The van der Waals surface area contributed by atoms with Gasteiger partial charge in [0.2, 0.25) is 0 Å². The molecule has 0 unspecified atom stereocenters. The van der Waals surface area contributed by atoms with Crippen LogP contribution < -0.4 is 24.8 Å². The van der Waals surface area contributed by atoms with Gasteiger partial charge in [-0.3, -0.25) is 4.99 Å². The summed E-state index contributed by atoms with van der Waals surface area (Å²) in [7, 11) is 6.49. The fourth-order valence-corrected chi connectivity index (χ4v) is 3.45. The second-order valence-electron chi connectivity index (χ2n) is 6.14. The van der Waals surface area contributed by atoms with Crippen molar-refractivity contribution in [3.05, 3.63) is 52.8 Å². The normalized spacial score (nSPS) is 10.8. The first kappa shape index (κ1) is 26.2. The van der Waals surface area contributed by atoms with Crippen LogP contribution in [0.15, 0.2) is 35.3 Å². The van der Waals surface area contributed by atoms with Gasteiger partial charge in [-0.05, 0) is 35.6 Å². The second kappa shape index (κ2) is 13.4. The molecular formula is C21H29FIN3O3S. The van der Waals surface area contributed by atoms with E-state index < -0.39 is 0 Å². The third-order valence-electron chi connectivity index (χ3n) is 4.37. The van der Waals surface area contributed by atoms with E-state index in [9.17, 15) is 4.39 Å². The summed E-state index contributed by atoms with van der Waals surface area (Å²) in [6.07, 6.45) is 2.00. The molecule has 2 aromatic rings. The molecule has 0 aliphatic carbocycles. The highest BCUT2D eigenvalue weighted by Gasteiger charge is 2.12. The molecule has 0 saturated carbocycles. The summed E-state index contributed by atoms with van der Waals surface area (Å²) < 4.78 is 29.7. The lowest BCUT2D eigenvalue weighted by molar-refractivity contribution is 0.347. The van der Waals surface area contributed by atoms with Crippen LogP contribution in [0.4, 0.5) is 4.39 Å². The van der Waals surface area contributed by atoms with Gasteiger partial charge in [0, 0.05) is 37.5 Å². The van der Waals surface area contributed by atoms with Crippen LogP contribution in [0.3, 0.4) is 0 Å². The number of halogens is 2. The highest BCUT2D eigenvalue weighted by molar-refractivity contribution is 14.0. The maximum Gasteiger partial charge on any atom is 0.191 e. The second-order valence-corrected chi connectivity index (χ2v) is 7.01. The predicted octanol–water partition coefficient (Wildman–Crippen LogP) is 4.20. The standard InChI is InChI=1S/C21H28FN3O3S.HI/c1-23-21(24-11-14-6-7-17(22)8-16(14)13-29-5)25-12-15-9-19(27-3)20(28-4)10-18(15)26-2;/h6-10H,11-13H2,1-5H3,(H2,23,24,25);1H. The number of guanidine groups is 1. The Morgan fingerprint density at radius 3 is 2.07 bits per heavy atom. The fourth-order valence-electron chi connectivity index (χ4n) is 2.87. The van der Waals surface area contributed by atoms with Crippen LogP contribution in [0.2, 0.25) is 0 Å². The lowest BCUT2D eigenvalue weighted by Crippen LogP contribution is -2.36. The molecule has 2 N–H and O–H groups in total. The number of ether oxygens (including phenoxy) is 3. The number of methoxy groups -OCH3 is 3. The Bertz CT molecular complexity index is 852. The Hall–Kier alpha value is -1.88. The highest BCUT2D eigenvalue weighted by Crippen LogP contribution is 2.34. The van der Waals surface area contributed by atoms with Crippen molar-refractivity contribution in [1.82, 2.24) is 10.6 Å². The average molecular weight is 549 g/mol. The summed E-state index contributed by atoms with van der Waals surface area (Å²) in [6, 6.07) is 8.52. The largest absolute Gasteiger partial charge is 0.496 e. The van der Waals surface area contributed by atoms with Crippen molar-refractivity contribution in [2.75, 3.05) is 34.6 Å². The van der Waals surface area contributed by atoms with Gasteiger partial charge in [0.1, 0.15) is 11.6 Å². The zero-order valence-corrected chi connectivity index (χ0v) is 21.0. The third-order valence-corrected chi connectivity index (χ3v) is 4.97. The molecule has 2 rings (SSSR count). The van der Waals surface area contributed by atoms with E-state index >= 15 is 0 Å². The molecule has 0 saturated heterocycles. The topological polar surface area (TPSA) is 64.1 Å². The number of thioether (sulfide) groups is 1. The maximum absolute atomic E-state index is 13.5. The maximum atomic E-state index is 13.5. The van der Waals surface area contributed by atoms with E-state index in [1.165, 1.54) is 6.07 Å². The Balaban J connectivity index is 0.00000450. The predicted molar refractivity (Wildman–Crippen MR) is 132 cm³/mol. The van der Waals surface area contributed by atoms with Gasteiger partial charge < -0.3 is 24.8 Å². The van der Waals surface area contributed by atoms with Gasteiger partial charge in [-0.1, -0.05) is 6.07 Å². The first-order valence-corrected chi connectivity index (χ1v) is 10.4. The molecule has 0 spiro atoms. The molecule has 0 aromatic heterocycles. The zero-order chi connectivity index (χ0) is 21.2. The summed E-state index contributed by atoms with van der Waals surface area (Å²) in [5.41, 5.74) is 2.91. The smallest absolute Gasteiger partial charge is 0.191 e. The molecule has 0 radical (unpaired) electrons. The number of nitrogens with one attached hydrogen (secondary N) is 2. The molecule has 30 heavy (non-hydrogen) atoms. The quantitative estimate of drug-likeness (QED) is 0.278. The van der Waals surface area contributed by atoms with E-state index in [0.29, 0.717) is 36.3 Å². The van der Waals surface area contributed by atoms with Crippen molar-refractivity contribution < 1.29 is 18.6 Å². The van der Waals surface area contributed by atoms with Gasteiger partial charge in [-0.25, -0.2) is 4.39 Å². The number of aliphatic imine (C=N–C) groups is 1. The minimum atomic E-state index is -0.221. The van der Waals surface area contributed by atoms with E-state index in [1.54, 1.807) is 58.3 Å². The summed E-state index contributed by atoms with van der Waals surface area (Å²) in [4.78, 5) is 4.26. The van der Waals surface area contributed by atoms with Crippen molar-refractivity contribution in [2.45, 2.75) is 18.8 Å². The molecular weight excluding hydrogens is 520 g/mol. The Labute approximate surface area is 199 Å². The van der Waals surface area contributed by atoms with Crippen LogP contribution in [0.1, 0.15) is 16.7 Å². The number of benzene rings is 2. The van der Waals surface area contributed by atoms with Crippen LogP contribution in [0.25, 0.3) is 0 Å². The van der Waals surface area contributed by atoms with Gasteiger partial charge in [0.25, 0.3) is 0 Å². The molecule has 6 nitrogen and oxygen atoms in total. The summed E-state index contributed by atoms with van der Waals surface area (Å²) >= 11 is 1.66. The average Bonchev–Trinajstić information content (AvgIpc) is 2.74. The fraction of sp³-hybridized carbons (Fsp3) is 0.381. The third kappa shape index (κ3) is 7.12. The monoisotopic (exact) mass is 549 g/mol. The van der Waals surface area contributed by atoms with E-state index in [0.717, 1.165) is 22.4 Å². The summed E-state index contributed by atoms with van der Waals surface area (Å²) in [5.74, 6) is 3.08. The lowest BCUT2D eigenvalue weighted by Gasteiger charge is -2.17. The van der Waals surface area contributed by atoms with Gasteiger partial charge in [-0.15, -0.1) is 24.0 Å². The van der Waals surface area contributed by atoms with Crippen LogP contribution in [0, 0.1) is 5.82 Å². The molecule has 0 bridgehead atoms. The number of rotatable bonds is 9.